The Kier molecular flexibility index (Phi) is 4.85. The fourth-order valence-electron chi connectivity index (χ4n) is 2.59. The molecule has 4 aromatic rings. The number of hydrogen-bond donors (Lipinski definition) is 1. The van der Waals surface area contributed by atoms with E-state index in [9.17, 15) is 4.79 Å². The maximum atomic E-state index is 12.1. The van der Waals surface area contributed by atoms with Gasteiger partial charge in [0.15, 0.2) is 5.82 Å². The zero-order chi connectivity index (χ0) is 19.5. The van der Waals surface area contributed by atoms with Crippen LogP contribution in [0.15, 0.2) is 42.2 Å². The molecule has 142 valence electrons. The van der Waals surface area contributed by atoms with Crippen LogP contribution in [0.3, 0.4) is 0 Å². The Hall–Kier alpha value is -3.53. The summed E-state index contributed by atoms with van der Waals surface area (Å²) in [4.78, 5) is 25.2. The highest BCUT2D eigenvalue weighted by Crippen LogP contribution is 2.28. The van der Waals surface area contributed by atoms with Gasteiger partial charge < -0.3 is 14.8 Å². The molecule has 0 spiro atoms. The van der Waals surface area contributed by atoms with Crippen molar-refractivity contribution in [3.8, 4) is 17.0 Å². The van der Waals surface area contributed by atoms with Crippen molar-refractivity contribution in [1.29, 1.82) is 0 Å². The molecule has 0 fully saturated rings. The highest BCUT2D eigenvalue weighted by molar-refractivity contribution is 7.15. The molecule has 0 aliphatic heterocycles. The predicted octanol–water partition coefficient (Wildman–Crippen LogP) is 3.18. The molecule has 0 aliphatic carbocycles. The zero-order valence-corrected chi connectivity index (χ0v) is 15.9. The fraction of sp³-hybridized carbons (Fsp3) is 0.167. The molecule has 1 aromatic carbocycles. The number of aromatic nitrogens is 5. The Morgan fingerprint density at radius 1 is 1.29 bits per heavy atom. The summed E-state index contributed by atoms with van der Waals surface area (Å²) < 4.78 is 12.0. The minimum absolute atomic E-state index is 0.220. The van der Waals surface area contributed by atoms with E-state index in [1.165, 1.54) is 23.9 Å². The van der Waals surface area contributed by atoms with E-state index in [1.807, 2.05) is 29.6 Å². The van der Waals surface area contributed by atoms with Crippen LogP contribution in [0.5, 0.6) is 5.75 Å². The maximum Gasteiger partial charge on any atom is 0.343 e. The number of hydrogen-bond acceptors (Lipinski definition) is 9. The molecule has 1 N–H and O–H groups in total. The lowest BCUT2D eigenvalue weighted by Gasteiger charge is -2.06. The number of rotatable bonds is 6. The van der Waals surface area contributed by atoms with Gasteiger partial charge >= 0.3 is 5.97 Å². The summed E-state index contributed by atoms with van der Waals surface area (Å²) in [6.07, 6.45) is 2.74. The third-order valence-electron chi connectivity index (χ3n) is 3.91. The van der Waals surface area contributed by atoms with Gasteiger partial charge in [-0.1, -0.05) is 0 Å². The van der Waals surface area contributed by atoms with Crippen LogP contribution in [0, 0.1) is 0 Å². The average molecular weight is 396 g/mol. The second-order valence-electron chi connectivity index (χ2n) is 5.61. The van der Waals surface area contributed by atoms with E-state index < -0.39 is 5.97 Å². The topological polar surface area (TPSA) is 104 Å². The number of nitrogens with zero attached hydrogens (tertiary/aromatic N) is 5. The van der Waals surface area contributed by atoms with Crippen molar-refractivity contribution < 1.29 is 14.3 Å². The summed E-state index contributed by atoms with van der Waals surface area (Å²) in [7, 11) is 1.63. The Balaban J connectivity index is 1.65. The van der Waals surface area contributed by atoms with Gasteiger partial charge in [-0.05, 0) is 31.2 Å². The number of anilines is 2. The van der Waals surface area contributed by atoms with E-state index in [-0.39, 0.29) is 18.0 Å². The van der Waals surface area contributed by atoms with E-state index in [0.29, 0.717) is 10.9 Å². The Morgan fingerprint density at radius 2 is 2.11 bits per heavy atom. The number of benzene rings is 1. The van der Waals surface area contributed by atoms with E-state index >= 15 is 0 Å². The quantitative estimate of drug-likeness (QED) is 0.496. The first kappa shape index (κ1) is 17.9. The SMILES string of the molecule is CCOC(=O)c1cncnc1Nc1nc2scc(-c3ccc(OC)cc3)n2n1. The largest absolute Gasteiger partial charge is 0.497 e. The number of fused-ring (bicyclic) bond motifs is 1. The molecule has 0 atom stereocenters. The summed E-state index contributed by atoms with van der Waals surface area (Å²) in [6, 6.07) is 7.69. The Bertz CT molecular complexity index is 1120. The lowest BCUT2D eigenvalue weighted by molar-refractivity contribution is 0.0526. The summed E-state index contributed by atoms with van der Waals surface area (Å²) in [5.41, 5.74) is 2.10. The summed E-state index contributed by atoms with van der Waals surface area (Å²) >= 11 is 1.46. The second kappa shape index (κ2) is 7.61. The van der Waals surface area contributed by atoms with Crippen LogP contribution >= 0.6 is 11.3 Å². The van der Waals surface area contributed by atoms with Crippen LogP contribution in [0.25, 0.3) is 16.2 Å². The number of carbonyl (C=O) groups excluding carboxylic acids is 1. The van der Waals surface area contributed by atoms with Gasteiger partial charge in [0, 0.05) is 17.1 Å². The normalized spacial score (nSPS) is 10.8. The molecule has 28 heavy (non-hydrogen) atoms. The van der Waals surface area contributed by atoms with Gasteiger partial charge in [-0.25, -0.2) is 19.3 Å². The average Bonchev–Trinajstić information content (AvgIpc) is 3.29. The van der Waals surface area contributed by atoms with Crippen LogP contribution in [-0.4, -0.2) is 44.3 Å². The van der Waals surface area contributed by atoms with Gasteiger partial charge in [0.25, 0.3) is 0 Å². The third kappa shape index (κ3) is 3.37. The smallest absolute Gasteiger partial charge is 0.343 e. The monoisotopic (exact) mass is 396 g/mol. The summed E-state index contributed by atoms with van der Waals surface area (Å²) in [5, 5.41) is 9.45. The molecular formula is C18H16N6O3S. The minimum Gasteiger partial charge on any atom is -0.497 e. The van der Waals surface area contributed by atoms with Gasteiger partial charge in [-0.15, -0.1) is 16.4 Å². The number of nitrogens with one attached hydrogen (secondary N) is 1. The van der Waals surface area contributed by atoms with Crippen LogP contribution < -0.4 is 10.1 Å². The van der Waals surface area contributed by atoms with Crippen molar-refractivity contribution in [2.24, 2.45) is 0 Å². The molecule has 0 radical (unpaired) electrons. The van der Waals surface area contributed by atoms with Crippen LogP contribution in [0.2, 0.25) is 0 Å². The van der Waals surface area contributed by atoms with Crippen LogP contribution in [0.1, 0.15) is 17.3 Å². The highest BCUT2D eigenvalue weighted by Gasteiger charge is 2.17. The molecule has 0 amide bonds. The summed E-state index contributed by atoms with van der Waals surface area (Å²) in [5.74, 6) is 0.889. The number of ether oxygens (including phenoxy) is 2. The standard InChI is InChI=1S/C18H16N6O3S/c1-3-27-16(25)13-8-19-10-20-15(13)21-17-22-18-24(23-17)14(9-28-18)11-4-6-12(26-2)7-5-11/h4-10H,3H2,1-2H3,(H,19,20,21,23). The third-order valence-corrected chi connectivity index (χ3v) is 4.72. The molecule has 0 aliphatic rings. The lowest BCUT2D eigenvalue weighted by Crippen LogP contribution is -2.10. The van der Waals surface area contributed by atoms with Gasteiger partial charge in [0.05, 0.1) is 19.4 Å². The highest BCUT2D eigenvalue weighted by atomic mass is 32.1. The Labute approximate surface area is 164 Å². The van der Waals surface area contributed by atoms with Gasteiger partial charge in [0.1, 0.15) is 17.6 Å². The van der Waals surface area contributed by atoms with Crippen molar-refractivity contribution in [1.82, 2.24) is 24.6 Å². The lowest BCUT2D eigenvalue weighted by atomic mass is 10.2. The first-order chi connectivity index (χ1) is 13.7. The van der Waals surface area contributed by atoms with Crippen LogP contribution in [0.4, 0.5) is 11.8 Å². The molecule has 10 heteroatoms. The van der Waals surface area contributed by atoms with Crippen molar-refractivity contribution in [3.63, 3.8) is 0 Å². The van der Waals surface area contributed by atoms with Gasteiger partial charge in [0.2, 0.25) is 10.9 Å². The number of esters is 1. The van der Waals surface area contributed by atoms with Crippen molar-refractivity contribution in [3.05, 3.63) is 47.7 Å². The molecule has 0 bridgehead atoms. The molecular weight excluding hydrogens is 380 g/mol. The number of carbonyl (C=O) groups is 1. The molecule has 3 aromatic heterocycles. The molecule has 0 unspecified atom stereocenters. The van der Waals surface area contributed by atoms with Crippen molar-refractivity contribution in [2.45, 2.75) is 6.92 Å². The zero-order valence-electron chi connectivity index (χ0n) is 15.1. The van der Waals surface area contributed by atoms with E-state index in [0.717, 1.165) is 17.0 Å². The van der Waals surface area contributed by atoms with E-state index in [1.54, 1.807) is 18.5 Å². The first-order valence-electron chi connectivity index (χ1n) is 8.42. The maximum absolute atomic E-state index is 12.1. The molecule has 9 nitrogen and oxygen atoms in total. The van der Waals surface area contributed by atoms with Crippen molar-refractivity contribution in [2.75, 3.05) is 19.0 Å². The number of methoxy groups -OCH3 is 1. The molecule has 0 saturated heterocycles. The predicted molar refractivity (Wildman–Crippen MR) is 104 cm³/mol. The van der Waals surface area contributed by atoms with Crippen LogP contribution in [-0.2, 0) is 4.74 Å². The van der Waals surface area contributed by atoms with Crippen molar-refractivity contribution >= 4 is 34.0 Å². The number of thiazole rings is 1. The Morgan fingerprint density at radius 3 is 2.86 bits per heavy atom. The van der Waals surface area contributed by atoms with Gasteiger partial charge in [-0.2, -0.15) is 4.98 Å². The minimum atomic E-state index is -0.509. The van der Waals surface area contributed by atoms with E-state index in [4.69, 9.17) is 9.47 Å². The summed E-state index contributed by atoms with van der Waals surface area (Å²) in [6.45, 7) is 2.00. The molecule has 0 saturated carbocycles. The first-order valence-corrected chi connectivity index (χ1v) is 9.30. The van der Waals surface area contributed by atoms with Gasteiger partial charge in [-0.3, -0.25) is 0 Å². The van der Waals surface area contributed by atoms with E-state index in [2.05, 4.69) is 25.4 Å². The fourth-order valence-corrected chi connectivity index (χ4v) is 3.42. The molecule has 4 rings (SSSR count). The molecule has 3 heterocycles. The second-order valence-corrected chi connectivity index (χ2v) is 6.45.